The highest BCUT2D eigenvalue weighted by atomic mass is 16.1. The Morgan fingerprint density at radius 1 is 1.41 bits per heavy atom. The van der Waals surface area contributed by atoms with Crippen LogP contribution in [0.1, 0.15) is 23.0 Å². The topological polar surface area (TPSA) is 72.7 Å². The Morgan fingerprint density at radius 3 is 2.94 bits per heavy atom. The monoisotopic (exact) mass is 231 g/mol. The van der Waals surface area contributed by atoms with Gasteiger partial charge in [-0.15, -0.1) is 0 Å². The van der Waals surface area contributed by atoms with Crippen LogP contribution in [-0.2, 0) is 13.1 Å². The molecule has 6 nitrogen and oxygen atoms in total. The van der Waals surface area contributed by atoms with Crippen LogP contribution in [-0.4, -0.2) is 25.7 Å². The summed E-state index contributed by atoms with van der Waals surface area (Å²) in [5, 5.41) is 6.88. The van der Waals surface area contributed by atoms with Crippen molar-refractivity contribution in [1.82, 2.24) is 25.1 Å². The third-order valence-corrected chi connectivity index (χ3v) is 2.26. The minimum Gasteiger partial charge on any atom is -0.346 e. The van der Waals surface area contributed by atoms with E-state index in [1.165, 1.54) is 18.6 Å². The van der Waals surface area contributed by atoms with E-state index in [0.29, 0.717) is 12.2 Å². The van der Waals surface area contributed by atoms with Crippen LogP contribution in [0.3, 0.4) is 0 Å². The molecule has 0 aliphatic rings. The second-order valence-electron chi connectivity index (χ2n) is 3.48. The van der Waals surface area contributed by atoms with Crippen molar-refractivity contribution in [3.63, 3.8) is 0 Å². The maximum Gasteiger partial charge on any atom is 0.271 e. The number of hydrogen-bond acceptors (Lipinski definition) is 4. The molecule has 88 valence electrons. The summed E-state index contributed by atoms with van der Waals surface area (Å²) in [7, 11) is 0. The lowest BCUT2D eigenvalue weighted by molar-refractivity contribution is 0.0945. The lowest BCUT2D eigenvalue weighted by atomic mass is 10.3. The first kappa shape index (κ1) is 11.3. The third kappa shape index (κ3) is 2.87. The van der Waals surface area contributed by atoms with E-state index in [1.54, 1.807) is 6.20 Å². The van der Waals surface area contributed by atoms with E-state index >= 15 is 0 Å². The van der Waals surface area contributed by atoms with Gasteiger partial charge in [-0.2, -0.15) is 5.10 Å². The fourth-order valence-corrected chi connectivity index (χ4v) is 1.36. The van der Waals surface area contributed by atoms with E-state index in [9.17, 15) is 4.79 Å². The van der Waals surface area contributed by atoms with Crippen LogP contribution < -0.4 is 5.32 Å². The van der Waals surface area contributed by atoms with Crippen LogP contribution in [0, 0.1) is 0 Å². The Kier molecular flexibility index (Phi) is 3.44. The summed E-state index contributed by atoms with van der Waals surface area (Å²) >= 11 is 0. The molecule has 2 heterocycles. The molecule has 0 fully saturated rings. The van der Waals surface area contributed by atoms with Crippen molar-refractivity contribution in [1.29, 1.82) is 0 Å². The van der Waals surface area contributed by atoms with Crippen LogP contribution in [0.15, 0.2) is 31.0 Å². The van der Waals surface area contributed by atoms with E-state index in [1.807, 2.05) is 17.8 Å². The normalized spacial score (nSPS) is 10.2. The summed E-state index contributed by atoms with van der Waals surface area (Å²) in [6.07, 6.45) is 8.09. The van der Waals surface area contributed by atoms with Gasteiger partial charge in [0.05, 0.1) is 12.4 Å². The average molecular weight is 231 g/mol. The van der Waals surface area contributed by atoms with Crippen LogP contribution >= 0.6 is 0 Å². The number of carbonyl (C=O) groups excluding carboxylic acids is 1. The van der Waals surface area contributed by atoms with Gasteiger partial charge >= 0.3 is 0 Å². The van der Waals surface area contributed by atoms with Crippen LogP contribution in [0.2, 0.25) is 0 Å². The highest BCUT2D eigenvalue weighted by Crippen LogP contribution is 1.98. The van der Waals surface area contributed by atoms with Crippen molar-refractivity contribution >= 4 is 5.91 Å². The molecule has 1 N–H and O–H groups in total. The standard InChI is InChI=1S/C11H13N5O/c1-2-16-8-9(6-15-16)5-14-11(17)10-7-12-3-4-13-10/h3-4,6-8H,2,5H2,1H3,(H,14,17). The van der Waals surface area contributed by atoms with E-state index in [0.717, 1.165) is 12.1 Å². The molecule has 2 aromatic rings. The molecule has 6 heteroatoms. The van der Waals surface area contributed by atoms with Crippen molar-refractivity contribution in [3.8, 4) is 0 Å². The van der Waals surface area contributed by atoms with Gasteiger partial charge in [0.25, 0.3) is 5.91 Å². The molecule has 0 aromatic carbocycles. The van der Waals surface area contributed by atoms with Crippen LogP contribution in [0.4, 0.5) is 0 Å². The quantitative estimate of drug-likeness (QED) is 0.837. The highest BCUT2D eigenvalue weighted by molar-refractivity contribution is 5.91. The molecule has 0 unspecified atom stereocenters. The zero-order valence-electron chi connectivity index (χ0n) is 9.50. The zero-order valence-corrected chi connectivity index (χ0v) is 9.50. The zero-order chi connectivity index (χ0) is 12.1. The average Bonchev–Trinajstić information content (AvgIpc) is 2.85. The molecular weight excluding hydrogens is 218 g/mol. The Morgan fingerprint density at radius 2 is 2.29 bits per heavy atom. The summed E-state index contributed by atoms with van der Waals surface area (Å²) in [5.41, 5.74) is 1.28. The summed E-state index contributed by atoms with van der Waals surface area (Å²) in [5.74, 6) is -0.234. The minimum atomic E-state index is -0.234. The number of amides is 1. The van der Waals surface area contributed by atoms with Gasteiger partial charge in [0.1, 0.15) is 5.69 Å². The number of hydrogen-bond donors (Lipinski definition) is 1. The molecule has 2 aromatic heterocycles. The number of nitrogens with zero attached hydrogens (tertiary/aromatic N) is 4. The number of carbonyl (C=O) groups is 1. The highest BCUT2D eigenvalue weighted by Gasteiger charge is 2.06. The van der Waals surface area contributed by atoms with Gasteiger partial charge in [-0.1, -0.05) is 0 Å². The Hall–Kier alpha value is -2.24. The Labute approximate surface area is 98.7 Å². The molecule has 0 spiro atoms. The molecule has 0 saturated carbocycles. The van der Waals surface area contributed by atoms with Gasteiger partial charge in [0.2, 0.25) is 0 Å². The fourth-order valence-electron chi connectivity index (χ4n) is 1.36. The lowest BCUT2D eigenvalue weighted by Gasteiger charge is -2.01. The SMILES string of the molecule is CCn1cc(CNC(=O)c2cnccn2)cn1. The summed E-state index contributed by atoms with van der Waals surface area (Å²) in [6, 6.07) is 0. The lowest BCUT2D eigenvalue weighted by Crippen LogP contribution is -2.23. The largest absolute Gasteiger partial charge is 0.346 e. The van der Waals surface area contributed by atoms with Gasteiger partial charge in [-0.3, -0.25) is 14.5 Å². The van der Waals surface area contributed by atoms with Crippen molar-refractivity contribution < 1.29 is 4.79 Å². The van der Waals surface area contributed by atoms with E-state index in [2.05, 4.69) is 20.4 Å². The molecule has 0 radical (unpaired) electrons. The minimum absolute atomic E-state index is 0.234. The maximum absolute atomic E-state index is 11.7. The smallest absolute Gasteiger partial charge is 0.271 e. The van der Waals surface area contributed by atoms with Gasteiger partial charge in [-0.25, -0.2) is 4.98 Å². The van der Waals surface area contributed by atoms with Gasteiger partial charge in [0.15, 0.2) is 0 Å². The van der Waals surface area contributed by atoms with Crippen LogP contribution in [0.5, 0.6) is 0 Å². The first-order chi connectivity index (χ1) is 8.29. The molecule has 1 amide bonds. The molecule has 0 atom stereocenters. The second-order valence-corrected chi connectivity index (χ2v) is 3.48. The Balaban J connectivity index is 1.92. The molecule has 0 saturated heterocycles. The second kappa shape index (κ2) is 5.20. The number of aryl methyl sites for hydroxylation is 1. The summed E-state index contributed by atoms with van der Waals surface area (Å²) in [6.45, 7) is 3.27. The van der Waals surface area contributed by atoms with Gasteiger partial charge in [0, 0.05) is 37.2 Å². The third-order valence-electron chi connectivity index (χ3n) is 2.26. The first-order valence-corrected chi connectivity index (χ1v) is 5.35. The maximum atomic E-state index is 11.7. The molecule has 2 rings (SSSR count). The molecule has 17 heavy (non-hydrogen) atoms. The predicted molar refractivity (Wildman–Crippen MR) is 61.1 cm³/mol. The molecule has 0 aliphatic carbocycles. The predicted octanol–water partition coefficient (Wildman–Crippen LogP) is 0.623. The van der Waals surface area contributed by atoms with Crippen LogP contribution in [0.25, 0.3) is 0 Å². The van der Waals surface area contributed by atoms with Crippen molar-refractivity contribution in [3.05, 3.63) is 42.2 Å². The first-order valence-electron chi connectivity index (χ1n) is 5.35. The van der Waals surface area contributed by atoms with E-state index < -0.39 is 0 Å². The van der Waals surface area contributed by atoms with E-state index in [4.69, 9.17) is 0 Å². The van der Waals surface area contributed by atoms with Crippen molar-refractivity contribution in [2.75, 3.05) is 0 Å². The number of rotatable bonds is 4. The van der Waals surface area contributed by atoms with Crippen molar-refractivity contribution in [2.24, 2.45) is 0 Å². The summed E-state index contributed by atoms with van der Waals surface area (Å²) in [4.78, 5) is 19.4. The number of nitrogens with one attached hydrogen (secondary N) is 1. The van der Waals surface area contributed by atoms with Crippen molar-refractivity contribution in [2.45, 2.75) is 20.0 Å². The number of aromatic nitrogens is 4. The van der Waals surface area contributed by atoms with Gasteiger partial charge in [-0.05, 0) is 6.92 Å². The molecule has 0 aliphatic heterocycles. The Bertz CT molecular complexity index is 494. The fraction of sp³-hybridized carbons (Fsp3) is 0.273. The van der Waals surface area contributed by atoms with E-state index in [-0.39, 0.29) is 5.91 Å². The summed E-state index contributed by atoms with van der Waals surface area (Å²) < 4.78 is 1.81. The van der Waals surface area contributed by atoms with Gasteiger partial charge < -0.3 is 5.32 Å². The molecular formula is C11H13N5O. The molecule has 0 bridgehead atoms.